The minimum atomic E-state index is -1.75. The average molecular weight is 411 g/mol. The van der Waals surface area contributed by atoms with Crippen molar-refractivity contribution in [2.45, 2.75) is 42.9 Å². The van der Waals surface area contributed by atoms with Crippen LogP contribution in [0.2, 0.25) is 0 Å². The van der Waals surface area contributed by atoms with Crippen LogP contribution in [0, 0.1) is 5.92 Å². The van der Waals surface area contributed by atoms with Gasteiger partial charge in [0, 0.05) is 18.2 Å². The Hall–Kier alpha value is -0.880. The van der Waals surface area contributed by atoms with Crippen molar-refractivity contribution >= 4 is 40.8 Å². The second-order valence-corrected chi connectivity index (χ2v) is 8.38. The van der Waals surface area contributed by atoms with Crippen LogP contribution in [0.3, 0.4) is 0 Å². The van der Waals surface area contributed by atoms with E-state index in [0.29, 0.717) is 18.0 Å². The summed E-state index contributed by atoms with van der Waals surface area (Å²) < 4.78 is 14.3. The minimum Gasteiger partial charge on any atom is -0.497 e. The van der Waals surface area contributed by atoms with Crippen molar-refractivity contribution in [3.8, 4) is 11.5 Å². The highest BCUT2D eigenvalue weighted by molar-refractivity contribution is 6.68. The number of ether oxygens (including phenoxy) is 3. The summed E-state index contributed by atoms with van der Waals surface area (Å²) in [6.45, 7) is 4.32. The van der Waals surface area contributed by atoms with Crippen LogP contribution in [-0.4, -0.2) is 41.2 Å². The standard InChI is InChI=1S/C17H22Cl3NO4/c1-5-10(2)14-15(22)25-16(17(18,19)20)21(14)9-11-6-7-12(23-3)8-13(11)24-4/h6-8,10,14,16H,5,9H2,1-4H3/t10-,14-,16-/m1/s1. The summed E-state index contributed by atoms with van der Waals surface area (Å²) in [5.41, 5.74) is 0.842. The fourth-order valence-corrected chi connectivity index (χ4v) is 3.44. The second-order valence-electron chi connectivity index (χ2n) is 6.01. The first-order valence-corrected chi connectivity index (χ1v) is 9.10. The van der Waals surface area contributed by atoms with E-state index in [1.54, 1.807) is 25.2 Å². The van der Waals surface area contributed by atoms with E-state index in [1.165, 1.54) is 0 Å². The quantitative estimate of drug-likeness (QED) is 0.520. The van der Waals surface area contributed by atoms with Crippen molar-refractivity contribution in [1.29, 1.82) is 0 Å². The molecule has 1 aromatic rings. The molecule has 0 unspecified atom stereocenters. The Kier molecular flexibility index (Phi) is 6.71. The molecular formula is C17H22Cl3NO4. The van der Waals surface area contributed by atoms with Gasteiger partial charge in [-0.2, -0.15) is 0 Å². The van der Waals surface area contributed by atoms with Crippen LogP contribution in [0.4, 0.5) is 0 Å². The first-order chi connectivity index (χ1) is 11.7. The molecule has 140 valence electrons. The van der Waals surface area contributed by atoms with Crippen molar-refractivity contribution in [3.05, 3.63) is 23.8 Å². The van der Waals surface area contributed by atoms with E-state index in [-0.39, 0.29) is 11.9 Å². The second kappa shape index (κ2) is 8.21. The van der Waals surface area contributed by atoms with Gasteiger partial charge >= 0.3 is 5.97 Å². The third-order valence-corrected chi connectivity index (χ3v) is 5.00. The number of nitrogens with zero attached hydrogens (tertiary/aromatic N) is 1. The van der Waals surface area contributed by atoms with Gasteiger partial charge in [-0.15, -0.1) is 0 Å². The zero-order chi connectivity index (χ0) is 18.8. The molecule has 1 saturated heterocycles. The summed E-state index contributed by atoms with van der Waals surface area (Å²) in [5.74, 6) is 0.975. The number of hydrogen-bond donors (Lipinski definition) is 0. The van der Waals surface area contributed by atoms with Crippen molar-refractivity contribution in [1.82, 2.24) is 4.90 Å². The Bertz CT molecular complexity index is 620. The molecule has 3 atom stereocenters. The molecule has 0 amide bonds. The zero-order valence-electron chi connectivity index (χ0n) is 14.6. The van der Waals surface area contributed by atoms with E-state index < -0.39 is 16.1 Å². The summed E-state index contributed by atoms with van der Waals surface area (Å²) >= 11 is 18.2. The molecular weight excluding hydrogens is 389 g/mol. The highest BCUT2D eigenvalue weighted by atomic mass is 35.6. The van der Waals surface area contributed by atoms with Crippen molar-refractivity contribution in [3.63, 3.8) is 0 Å². The number of rotatable bonds is 6. The molecule has 0 bridgehead atoms. The van der Waals surface area contributed by atoms with E-state index in [2.05, 4.69) is 0 Å². The molecule has 1 heterocycles. The average Bonchev–Trinajstić information content (AvgIpc) is 2.91. The summed E-state index contributed by atoms with van der Waals surface area (Å²) in [7, 11) is 3.15. The van der Waals surface area contributed by atoms with E-state index in [4.69, 9.17) is 49.0 Å². The number of halogens is 3. The van der Waals surface area contributed by atoms with Crippen LogP contribution in [0.5, 0.6) is 11.5 Å². The topological polar surface area (TPSA) is 48.0 Å². The molecule has 0 radical (unpaired) electrons. The van der Waals surface area contributed by atoms with Gasteiger partial charge in [-0.05, 0) is 12.0 Å². The predicted molar refractivity (Wildman–Crippen MR) is 98.5 cm³/mol. The zero-order valence-corrected chi connectivity index (χ0v) is 16.9. The number of esters is 1. The first kappa shape index (κ1) is 20.4. The molecule has 1 aromatic carbocycles. The van der Waals surface area contributed by atoms with E-state index >= 15 is 0 Å². The summed E-state index contributed by atoms with van der Waals surface area (Å²) in [5, 5.41) is 0. The van der Waals surface area contributed by atoms with Gasteiger partial charge in [-0.25, -0.2) is 4.90 Å². The normalized spacial score (nSPS) is 22.6. The molecule has 25 heavy (non-hydrogen) atoms. The van der Waals surface area contributed by atoms with Gasteiger partial charge in [0.25, 0.3) is 0 Å². The number of cyclic esters (lactones) is 1. The molecule has 2 rings (SSSR count). The molecule has 0 N–H and O–H groups in total. The van der Waals surface area contributed by atoms with Gasteiger partial charge in [-0.1, -0.05) is 61.1 Å². The van der Waals surface area contributed by atoms with Gasteiger partial charge in [0.1, 0.15) is 17.5 Å². The largest absolute Gasteiger partial charge is 0.497 e. The Labute approximate surface area is 163 Å². The van der Waals surface area contributed by atoms with Gasteiger partial charge in [0.2, 0.25) is 10.0 Å². The Balaban J connectivity index is 2.39. The van der Waals surface area contributed by atoms with Crippen molar-refractivity contribution in [2.75, 3.05) is 14.2 Å². The van der Waals surface area contributed by atoms with Crippen LogP contribution in [-0.2, 0) is 16.1 Å². The Morgan fingerprint density at radius 2 is 1.96 bits per heavy atom. The number of hydrogen-bond acceptors (Lipinski definition) is 5. The lowest BCUT2D eigenvalue weighted by Gasteiger charge is -2.32. The van der Waals surface area contributed by atoms with Crippen LogP contribution < -0.4 is 9.47 Å². The first-order valence-electron chi connectivity index (χ1n) is 7.96. The van der Waals surface area contributed by atoms with Gasteiger partial charge in [-0.3, -0.25) is 4.79 Å². The summed E-state index contributed by atoms with van der Waals surface area (Å²) in [6.07, 6.45) is -0.168. The Morgan fingerprint density at radius 1 is 1.28 bits per heavy atom. The summed E-state index contributed by atoms with van der Waals surface area (Å²) in [4.78, 5) is 14.2. The maximum atomic E-state index is 12.4. The highest BCUT2D eigenvalue weighted by Crippen LogP contribution is 2.42. The number of carbonyl (C=O) groups is 1. The molecule has 1 fully saturated rings. The van der Waals surface area contributed by atoms with Crippen molar-refractivity contribution in [2.24, 2.45) is 5.92 Å². The van der Waals surface area contributed by atoms with Crippen LogP contribution in [0.15, 0.2) is 18.2 Å². The van der Waals surface area contributed by atoms with Crippen LogP contribution >= 0.6 is 34.8 Å². The van der Waals surface area contributed by atoms with E-state index in [0.717, 1.165) is 12.0 Å². The van der Waals surface area contributed by atoms with E-state index in [9.17, 15) is 4.79 Å². The maximum Gasteiger partial charge on any atom is 0.325 e. The lowest BCUT2D eigenvalue weighted by atomic mass is 9.97. The fraction of sp³-hybridized carbons (Fsp3) is 0.588. The molecule has 5 nitrogen and oxygen atoms in total. The molecule has 0 saturated carbocycles. The highest BCUT2D eigenvalue weighted by Gasteiger charge is 2.52. The summed E-state index contributed by atoms with van der Waals surface area (Å²) in [6, 6.07) is 4.97. The number of alkyl halides is 3. The van der Waals surface area contributed by atoms with E-state index in [1.807, 2.05) is 26.0 Å². The SMILES string of the molecule is CC[C@@H](C)[C@@H]1C(=O)O[C@H](C(Cl)(Cl)Cl)N1Cc1ccc(OC)cc1OC. The third kappa shape index (κ3) is 4.45. The Morgan fingerprint density at radius 3 is 2.48 bits per heavy atom. The smallest absolute Gasteiger partial charge is 0.325 e. The minimum absolute atomic E-state index is 0.0501. The fourth-order valence-electron chi connectivity index (χ4n) is 2.93. The lowest BCUT2D eigenvalue weighted by molar-refractivity contribution is -0.143. The lowest BCUT2D eigenvalue weighted by Crippen LogP contribution is -2.46. The molecule has 8 heteroatoms. The molecule has 1 aliphatic rings. The monoisotopic (exact) mass is 409 g/mol. The van der Waals surface area contributed by atoms with Gasteiger partial charge in [0.15, 0.2) is 0 Å². The molecule has 0 aliphatic carbocycles. The van der Waals surface area contributed by atoms with Crippen LogP contribution in [0.1, 0.15) is 25.8 Å². The molecule has 1 aliphatic heterocycles. The number of carbonyl (C=O) groups excluding carboxylic acids is 1. The van der Waals surface area contributed by atoms with Gasteiger partial charge < -0.3 is 14.2 Å². The maximum absolute atomic E-state index is 12.4. The van der Waals surface area contributed by atoms with Gasteiger partial charge in [0.05, 0.1) is 14.2 Å². The predicted octanol–water partition coefficient (Wildman–Crippen LogP) is 4.17. The number of methoxy groups -OCH3 is 2. The van der Waals surface area contributed by atoms with Crippen molar-refractivity contribution < 1.29 is 19.0 Å². The third-order valence-electron chi connectivity index (χ3n) is 4.44. The molecule has 0 aromatic heterocycles. The molecule has 0 spiro atoms. The van der Waals surface area contributed by atoms with Crippen LogP contribution in [0.25, 0.3) is 0 Å². The number of benzene rings is 1.